The number of benzene rings is 1. The molecule has 0 radical (unpaired) electrons. The SMILES string of the molecule is OC[C@H]1O[C@@H](OC(CCCc2ccccc2)OCC2CCCCC2)[C@H](O)[C@@H](O)[C@@H]1O. The fourth-order valence-electron chi connectivity index (χ4n) is 4.23. The van der Waals surface area contributed by atoms with Gasteiger partial charge in [-0.25, -0.2) is 0 Å². The molecular formula is C23H36O7. The first kappa shape index (κ1) is 23.6. The molecule has 1 heterocycles. The van der Waals surface area contributed by atoms with Crippen LogP contribution in [0.2, 0.25) is 0 Å². The highest BCUT2D eigenvalue weighted by molar-refractivity contribution is 5.14. The Morgan fingerprint density at radius 1 is 0.967 bits per heavy atom. The normalized spacial score (nSPS) is 31.5. The Morgan fingerprint density at radius 3 is 2.40 bits per heavy atom. The van der Waals surface area contributed by atoms with Crippen molar-refractivity contribution in [2.75, 3.05) is 13.2 Å². The maximum atomic E-state index is 10.3. The zero-order chi connectivity index (χ0) is 21.3. The lowest BCUT2D eigenvalue weighted by atomic mass is 9.90. The fraction of sp³-hybridized carbons (Fsp3) is 0.739. The minimum atomic E-state index is -1.45. The summed E-state index contributed by atoms with van der Waals surface area (Å²) >= 11 is 0. The minimum absolute atomic E-state index is 0.480. The van der Waals surface area contributed by atoms with E-state index in [-0.39, 0.29) is 0 Å². The molecule has 1 aliphatic carbocycles. The van der Waals surface area contributed by atoms with Gasteiger partial charge in [0.15, 0.2) is 12.6 Å². The zero-order valence-corrected chi connectivity index (χ0v) is 17.5. The molecule has 4 N–H and O–H groups in total. The smallest absolute Gasteiger partial charge is 0.189 e. The van der Waals surface area contributed by atoms with E-state index in [2.05, 4.69) is 12.1 Å². The summed E-state index contributed by atoms with van der Waals surface area (Å²) in [6, 6.07) is 10.2. The summed E-state index contributed by atoms with van der Waals surface area (Å²) < 4.78 is 17.5. The molecule has 0 amide bonds. The van der Waals surface area contributed by atoms with Crippen molar-refractivity contribution in [3.8, 4) is 0 Å². The van der Waals surface area contributed by atoms with Crippen LogP contribution in [0.3, 0.4) is 0 Å². The first-order chi connectivity index (χ1) is 14.6. The minimum Gasteiger partial charge on any atom is -0.394 e. The van der Waals surface area contributed by atoms with Crippen LogP contribution in [0.4, 0.5) is 0 Å². The topological polar surface area (TPSA) is 109 Å². The van der Waals surface area contributed by atoms with Gasteiger partial charge in [0.2, 0.25) is 0 Å². The van der Waals surface area contributed by atoms with Crippen molar-refractivity contribution < 1.29 is 34.6 Å². The van der Waals surface area contributed by atoms with Crippen LogP contribution in [0.15, 0.2) is 30.3 Å². The number of aryl methyl sites for hydroxylation is 1. The van der Waals surface area contributed by atoms with Crippen LogP contribution in [0.1, 0.15) is 50.5 Å². The second-order valence-corrected chi connectivity index (χ2v) is 8.48. The van der Waals surface area contributed by atoms with Crippen molar-refractivity contribution in [3.63, 3.8) is 0 Å². The van der Waals surface area contributed by atoms with Crippen LogP contribution >= 0.6 is 0 Å². The summed E-state index contributed by atoms with van der Waals surface area (Å²) in [4.78, 5) is 0. The van der Waals surface area contributed by atoms with Gasteiger partial charge in [0, 0.05) is 0 Å². The molecule has 170 valence electrons. The number of aliphatic hydroxyl groups excluding tert-OH is 4. The van der Waals surface area contributed by atoms with Gasteiger partial charge in [-0.3, -0.25) is 0 Å². The van der Waals surface area contributed by atoms with E-state index in [4.69, 9.17) is 14.2 Å². The van der Waals surface area contributed by atoms with Crippen LogP contribution in [0.25, 0.3) is 0 Å². The van der Waals surface area contributed by atoms with Crippen LogP contribution < -0.4 is 0 Å². The molecule has 3 rings (SSSR count). The summed E-state index contributed by atoms with van der Waals surface area (Å²) in [6.45, 7) is 0.111. The van der Waals surface area contributed by atoms with E-state index in [0.717, 1.165) is 25.7 Å². The van der Waals surface area contributed by atoms with Gasteiger partial charge in [0.25, 0.3) is 0 Å². The molecule has 7 heteroatoms. The Hall–Kier alpha value is -1.06. The van der Waals surface area contributed by atoms with Crippen molar-refractivity contribution in [2.24, 2.45) is 5.92 Å². The van der Waals surface area contributed by atoms with Crippen LogP contribution in [-0.4, -0.2) is 70.6 Å². The maximum absolute atomic E-state index is 10.3. The van der Waals surface area contributed by atoms with Gasteiger partial charge < -0.3 is 34.6 Å². The van der Waals surface area contributed by atoms with Gasteiger partial charge in [-0.1, -0.05) is 49.6 Å². The molecule has 7 nitrogen and oxygen atoms in total. The summed E-state index contributed by atoms with van der Waals surface area (Å²) in [6.07, 6.45) is 1.30. The van der Waals surface area contributed by atoms with Gasteiger partial charge >= 0.3 is 0 Å². The third-order valence-corrected chi connectivity index (χ3v) is 6.13. The Kier molecular flexibility index (Phi) is 9.52. The lowest BCUT2D eigenvalue weighted by Gasteiger charge is -2.40. The molecule has 6 atom stereocenters. The van der Waals surface area contributed by atoms with Gasteiger partial charge in [-0.15, -0.1) is 0 Å². The monoisotopic (exact) mass is 424 g/mol. The average molecular weight is 425 g/mol. The van der Waals surface area contributed by atoms with Gasteiger partial charge in [-0.05, 0) is 43.6 Å². The maximum Gasteiger partial charge on any atom is 0.189 e. The van der Waals surface area contributed by atoms with Crippen LogP contribution in [0.5, 0.6) is 0 Å². The fourth-order valence-corrected chi connectivity index (χ4v) is 4.23. The standard InChI is InChI=1S/C23H36O7/c24-14-18-20(25)21(26)22(27)23(29-18)30-19(28-15-17-10-5-2-6-11-17)13-7-12-16-8-3-1-4-9-16/h1,3-4,8-9,17-27H,2,5-7,10-15H2/t18-,19?,20-,21+,22-,23+/m1/s1. The highest BCUT2D eigenvalue weighted by atomic mass is 16.8. The molecule has 1 aliphatic heterocycles. The van der Waals surface area contributed by atoms with E-state index >= 15 is 0 Å². The highest BCUT2D eigenvalue weighted by Crippen LogP contribution is 2.27. The molecule has 2 aliphatic rings. The molecule has 1 saturated carbocycles. The molecule has 1 unspecified atom stereocenters. The highest BCUT2D eigenvalue weighted by Gasteiger charge is 2.45. The largest absolute Gasteiger partial charge is 0.394 e. The molecule has 1 aromatic carbocycles. The molecule has 0 spiro atoms. The Balaban J connectivity index is 1.57. The van der Waals surface area contributed by atoms with E-state index in [0.29, 0.717) is 18.9 Å². The second-order valence-electron chi connectivity index (χ2n) is 8.48. The summed E-state index contributed by atoms with van der Waals surface area (Å²) in [7, 11) is 0. The number of aliphatic hydroxyl groups is 4. The predicted octanol–water partition coefficient (Wildman–Crippen LogP) is 1.75. The third kappa shape index (κ3) is 6.72. The summed E-state index contributed by atoms with van der Waals surface area (Å²) in [5.74, 6) is 0.508. The first-order valence-corrected chi connectivity index (χ1v) is 11.2. The molecule has 2 fully saturated rings. The van der Waals surface area contributed by atoms with Crippen molar-refractivity contribution in [1.82, 2.24) is 0 Å². The molecular weight excluding hydrogens is 388 g/mol. The van der Waals surface area contributed by atoms with E-state index in [9.17, 15) is 20.4 Å². The Bertz CT molecular complexity index is 590. The van der Waals surface area contributed by atoms with Crippen LogP contribution in [-0.2, 0) is 20.6 Å². The van der Waals surface area contributed by atoms with E-state index < -0.39 is 43.6 Å². The van der Waals surface area contributed by atoms with Crippen molar-refractivity contribution in [3.05, 3.63) is 35.9 Å². The lowest BCUT2D eigenvalue weighted by molar-refractivity contribution is -0.338. The number of hydrogen-bond acceptors (Lipinski definition) is 7. The van der Waals surface area contributed by atoms with E-state index in [1.807, 2.05) is 18.2 Å². The number of rotatable bonds is 10. The molecule has 0 aromatic heterocycles. The van der Waals surface area contributed by atoms with Crippen LogP contribution in [0, 0.1) is 5.92 Å². The number of hydrogen-bond donors (Lipinski definition) is 4. The lowest BCUT2D eigenvalue weighted by Crippen LogP contribution is -2.59. The van der Waals surface area contributed by atoms with Crippen molar-refractivity contribution in [1.29, 1.82) is 0 Å². The van der Waals surface area contributed by atoms with E-state index in [1.165, 1.54) is 24.8 Å². The second kappa shape index (κ2) is 12.1. The van der Waals surface area contributed by atoms with Crippen molar-refractivity contribution >= 4 is 0 Å². The molecule has 0 bridgehead atoms. The third-order valence-electron chi connectivity index (χ3n) is 6.13. The van der Waals surface area contributed by atoms with E-state index in [1.54, 1.807) is 0 Å². The van der Waals surface area contributed by atoms with Crippen molar-refractivity contribution in [2.45, 2.75) is 88.4 Å². The van der Waals surface area contributed by atoms with Gasteiger partial charge in [0.1, 0.15) is 24.4 Å². The zero-order valence-electron chi connectivity index (χ0n) is 17.5. The molecule has 1 aromatic rings. The molecule has 30 heavy (non-hydrogen) atoms. The number of ether oxygens (including phenoxy) is 3. The quantitative estimate of drug-likeness (QED) is 0.424. The predicted molar refractivity (Wildman–Crippen MR) is 111 cm³/mol. The average Bonchev–Trinajstić information content (AvgIpc) is 2.79. The Labute approximate surface area is 178 Å². The summed E-state index contributed by atoms with van der Waals surface area (Å²) in [5.41, 5.74) is 1.23. The van der Waals surface area contributed by atoms with Gasteiger partial charge in [-0.2, -0.15) is 0 Å². The van der Waals surface area contributed by atoms with Gasteiger partial charge in [0.05, 0.1) is 13.2 Å². The Morgan fingerprint density at radius 2 is 1.70 bits per heavy atom. The first-order valence-electron chi connectivity index (χ1n) is 11.2. The summed E-state index contributed by atoms with van der Waals surface area (Å²) in [5, 5.41) is 39.7. The molecule has 1 saturated heterocycles.